The summed E-state index contributed by atoms with van der Waals surface area (Å²) in [4.78, 5) is 2.46. The number of hydrogen-bond acceptors (Lipinski definition) is 3. The van der Waals surface area contributed by atoms with Gasteiger partial charge in [-0.05, 0) is 88.0 Å². The molecule has 1 atom stereocenters. The summed E-state index contributed by atoms with van der Waals surface area (Å²) in [6.45, 7) is 6.99. The predicted octanol–water partition coefficient (Wildman–Crippen LogP) is 15.3. The standard InChI is InChI=1S/C54H39NO2/c1-32-22-23-34-24-27-42-41-17-10-16-40(52(41)57-53(42)44(34)30-32)39-15-7-9-19-47(39)55(35-26-29-38-37-14-6-8-18-45(37)54(2,3)46(38)31-35)48-20-11-21-49-50(48)43-28-25-33-12-4-5-13-36(33)51(43)56-49/h4-29,31-32H,30H2,1-3H3. The Bertz CT molecular complexity index is 3340. The molecule has 10 aromatic rings. The zero-order valence-corrected chi connectivity index (χ0v) is 32.1. The van der Waals surface area contributed by atoms with E-state index in [2.05, 4.69) is 189 Å². The van der Waals surface area contributed by atoms with E-state index in [-0.39, 0.29) is 5.41 Å². The summed E-state index contributed by atoms with van der Waals surface area (Å²) >= 11 is 0. The van der Waals surface area contributed by atoms with Gasteiger partial charge < -0.3 is 13.7 Å². The van der Waals surface area contributed by atoms with E-state index in [1.165, 1.54) is 44.2 Å². The molecule has 0 N–H and O–H groups in total. The van der Waals surface area contributed by atoms with Crippen molar-refractivity contribution in [1.82, 2.24) is 0 Å². The van der Waals surface area contributed by atoms with Crippen molar-refractivity contribution in [3.63, 3.8) is 0 Å². The van der Waals surface area contributed by atoms with Crippen molar-refractivity contribution in [3.8, 4) is 22.3 Å². The molecule has 8 aromatic carbocycles. The Morgan fingerprint density at radius 1 is 0.544 bits per heavy atom. The van der Waals surface area contributed by atoms with E-state index in [1.807, 2.05) is 0 Å². The van der Waals surface area contributed by atoms with Crippen LogP contribution in [0.1, 0.15) is 43.0 Å². The molecular formula is C54H39NO2. The summed E-state index contributed by atoms with van der Waals surface area (Å²) in [5.74, 6) is 0.467. The number of allylic oxidation sites excluding steroid dienone is 1. The van der Waals surface area contributed by atoms with Crippen LogP contribution >= 0.6 is 0 Å². The molecule has 3 heteroatoms. The number of benzene rings is 8. The molecule has 1 unspecified atom stereocenters. The van der Waals surface area contributed by atoms with E-state index < -0.39 is 0 Å². The van der Waals surface area contributed by atoms with Gasteiger partial charge in [-0.3, -0.25) is 0 Å². The highest BCUT2D eigenvalue weighted by Crippen LogP contribution is 2.53. The molecule has 272 valence electrons. The van der Waals surface area contributed by atoms with Gasteiger partial charge in [0.2, 0.25) is 0 Å². The highest BCUT2D eigenvalue weighted by Gasteiger charge is 2.36. The van der Waals surface area contributed by atoms with Crippen molar-refractivity contribution in [2.24, 2.45) is 5.92 Å². The lowest BCUT2D eigenvalue weighted by atomic mass is 9.82. The topological polar surface area (TPSA) is 29.5 Å². The summed E-state index contributed by atoms with van der Waals surface area (Å²) in [7, 11) is 0. The molecule has 0 radical (unpaired) electrons. The second kappa shape index (κ2) is 11.8. The van der Waals surface area contributed by atoms with Gasteiger partial charge in [0.05, 0.1) is 16.8 Å². The first-order chi connectivity index (χ1) is 27.9. The number of nitrogens with zero attached hydrogens (tertiary/aromatic N) is 1. The fraction of sp³-hybridized carbons (Fsp3) is 0.111. The van der Waals surface area contributed by atoms with Gasteiger partial charge in [-0.1, -0.05) is 142 Å². The molecule has 0 bridgehead atoms. The summed E-state index contributed by atoms with van der Waals surface area (Å²) in [6, 6.07) is 55.2. The Balaban J connectivity index is 1.14. The van der Waals surface area contributed by atoms with Gasteiger partial charge in [0.25, 0.3) is 0 Å². The molecule has 3 nitrogen and oxygen atoms in total. The van der Waals surface area contributed by atoms with E-state index in [0.29, 0.717) is 5.92 Å². The van der Waals surface area contributed by atoms with E-state index in [0.717, 1.165) is 78.5 Å². The molecule has 0 saturated heterocycles. The lowest BCUT2D eigenvalue weighted by Gasteiger charge is -2.30. The largest absolute Gasteiger partial charge is 0.455 e. The van der Waals surface area contributed by atoms with E-state index >= 15 is 0 Å². The van der Waals surface area contributed by atoms with Crippen molar-refractivity contribution in [2.45, 2.75) is 32.6 Å². The first-order valence-corrected chi connectivity index (χ1v) is 20.1. The maximum atomic E-state index is 7.04. The van der Waals surface area contributed by atoms with Gasteiger partial charge in [-0.2, -0.15) is 0 Å². The third kappa shape index (κ3) is 4.60. The number of rotatable bonds is 4. The van der Waals surface area contributed by atoms with Crippen molar-refractivity contribution in [3.05, 3.63) is 180 Å². The Hall–Kier alpha value is -6.84. The van der Waals surface area contributed by atoms with E-state index in [1.54, 1.807) is 0 Å². The van der Waals surface area contributed by atoms with Gasteiger partial charge in [0.1, 0.15) is 22.3 Å². The van der Waals surface area contributed by atoms with E-state index in [9.17, 15) is 0 Å². The van der Waals surface area contributed by atoms with Crippen LogP contribution in [0.2, 0.25) is 0 Å². The minimum atomic E-state index is -0.161. The monoisotopic (exact) mass is 733 g/mol. The molecule has 2 aromatic heterocycles. The highest BCUT2D eigenvalue weighted by atomic mass is 16.3. The molecule has 2 aliphatic rings. The van der Waals surface area contributed by atoms with Gasteiger partial charge >= 0.3 is 0 Å². The second-order valence-corrected chi connectivity index (χ2v) is 16.5. The van der Waals surface area contributed by atoms with Gasteiger partial charge in [0, 0.05) is 49.3 Å². The molecule has 2 aliphatic carbocycles. The van der Waals surface area contributed by atoms with Crippen molar-refractivity contribution < 1.29 is 8.83 Å². The molecule has 0 saturated carbocycles. The van der Waals surface area contributed by atoms with Crippen LogP contribution in [-0.2, 0) is 11.8 Å². The molecular weight excluding hydrogens is 695 g/mol. The zero-order valence-electron chi connectivity index (χ0n) is 32.1. The Morgan fingerprint density at radius 2 is 1.26 bits per heavy atom. The lowest BCUT2D eigenvalue weighted by molar-refractivity contribution is 0.648. The lowest BCUT2D eigenvalue weighted by Crippen LogP contribution is -2.17. The van der Waals surface area contributed by atoms with Crippen LogP contribution in [0.15, 0.2) is 167 Å². The third-order valence-electron chi connectivity index (χ3n) is 12.8. The smallest absolute Gasteiger partial charge is 0.143 e. The normalized spacial score (nSPS) is 15.5. The minimum Gasteiger partial charge on any atom is -0.455 e. The maximum absolute atomic E-state index is 7.04. The van der Waals surface area contributed by atoms with Gasteiger partial charge in [-0.25, -0.2) is 0 Å². The molecule has 57 heavy (non-hydrogen) atoms. The summed E-state index contributed by atoms with van der Waals surface area (Å²) in [5.41, 5.74) is 16.8. The molecule has 0 fully saturated rings. The van der Waals surface area contributed by atoms with Crippen molar-refractivity contribution >= 4 is 77.8 Å². The van der Waals surface area contributed by atoms with Crippen LogP contribution < -0.4 is 4.90 Å². The minimum absolute atomic E-state index is 0.161. The predicted molar refractivity (Wildman–Crippen MR) is 238 cm³/mol. The molecule has 0 amide bonds. The SMILES string of the molecule is CC1C=Cc2ccc3c(oc4c(-c5ccccc5N(c5ccc6c(c5)C(C)(C)c5ccccc5-6)c5cccc6oc7c8ccccc8ccc7c56)cccc43)c2C1. The van der Waals surface area contributed by atoms with Crippen LogP contribution in [0.25, 0.3) is 83.0 Å². The van der Waals surface area contributed by atoms with Crippen LogP contribution in [-0.4, -0.2) is 0 Å². The molecule has 2 heterocycles. The number of fused-ring (bicyclic) bond motifs is 13. The molecule has 0 spiro atoms. The molecule has 12 rings (SSSR count). The van der Waals surface area contributed by atoms with E-state index in [4.69, 9.17) is 8.83 Å². The second-order valence-electron chi connectivity index (χ2n) is 16.5. The Labute approximate surface area is 331 Å². The molecule has 0 aliphatic heterocycles. The average Bonchev–Trinajstić information content (AvgIpc) is 3.90. The van der Waals surface area contributed by atoms with Crippen molar-refractivity contribution in [1.29, 1.82) is 0 Å². The van der Waals surface area contributed by atoms with Crippen molar-refractivity contribution in [2.75, 3.05) is 4.90 Å². The van der Waals surface area contributed by atoms with Crippen LogP contribution in [0.4, 0.5) is 17.1 Å². The van der Waals surface area contributed by atoms with Crippen LogP contribution in [0, 0.1) is 5.92 Å². The van der Waals surface area contributed by atoms with Crippen LogP contribution in [0.5, 0.6) is 0 Å². The average molecular weight is 734 g/mol. The fourth-order valence-corrected chi connectivity index (χ4v) is 10.0. The first kappa shape index (κ1) is 32.4. The Morgan fingerprint density at radius 3 is 2.19 bits per heavy atom. The quantitative estimate of drug-likeness (QED) is 0.180. The Kier molecular flexibility index (Phi) is 6.73. The fourth-order valence-electron chi connectivity index (χ4n) is 10.0. The maximum Gasteiger partial charge on any atom is 0.143 e. The summed E-state index contributed by atoms with van der Waals surface area (Å²) < 4.78 is 13.8. The highest BCUT2D eigenvalue weighted by molar-refractivity contribution is 6.20. The van der Waals surface area contributed by atoms with Crippen LogP contribution in [0.3, 0.4) is 0 Å². The third-order valence-corrected chi connectivity index (χ3v) is 12.8. The first-order valence-electron chi connectivity index (χ1n) is 20.1. The summed E-state index contributed by atoms with van der Waals surface area (Å²) in [6.07, 6.45) is 5.53. The summed E-state index contributed by atoms with van der Waals surface area (Å²) in [5, 5.41) is 6.78. The number of furan rings is 2. The number of para-hydroxylation sites is 2. The zero-order chi connectivity index (χ0) is 38.0. The van der Waals surface area contributed by atoms with Gasteiger partial charge in [0.15, 0.2) is 0 Å². The number of hydrogen-bond donors (Lipinski definition) is 0. The number of anilines is 3. The van der Waals surface area contributed by atoms with Gasteiger partial charge in [-0.15, -0.1) is 0 Å².